The largest absolute Gasteiger partial charge is 0.504 e. The highest BCUT2D eigenvalue weighted by Gasteiger charge is 2.37. The first kappa shape index (κ1) is 30.4. The molecule has 1 heterocycles. The molecule has 0 aliphatic carbocycles. The van der Waals surface area contributed by atoms with Gasteiger partial charge in [0.2, 0.25) is 5.91 Å². The van der Waals surface area contributed by atoms with Crippen molar-refractivity contribution in [2.24, 2.45) is 5.41 Å². The molecule has 1 aromatic heterocycles. The summed E-state index contributed by atoms with van der Waals surface area (Å²) in [6.45, 7) is 3.60. The molecule has 0 fully saturated rings. The van der Waals surface area contributed by atoms with Crippen LogP contribution in [0.2, 0.25) is 0 Å². The number of pyridine rings is 1. The van der Waals surface area contributed by atoms with E-state index in [1.165, 1.54) is 6.07 Å². The van der Waals surface area contributed by atoms with Crippen molar-refractivity contribution in [2.75, 3.05) is 5.32 Å². The monoisotopic (exact) mass is 544 g/mol. The van der Waals surface area contributed by atoms with Crippen LogP contribution in [0, 0.1) is 5.41 Å². The summed E-state index contributed by atoms with van der Waals surface area (Å²) < 4.78 is 0. The normalized spacial score (nSPS) is 11.6. The van der Waals surface area contributed by atoms with Crippen LogP contribution < -0.4 is 5.32 Å². The highest BCUT2D eigenvalue weighted by Crippen LogP contribution is 2.31. The molecule has 40 heavy (non-hydrogen) atoms. The lowest BCUT2D eigenvalue weighted by Crippen LogP contribution is -2.34. The Morgan fingerprint density at radius 1 is 0.850 bits per heavy atom. The van der Waals surface area contributed by atoms with Crippen molar-refractivity contribution < 1.29 is 24.9 Å². The fourth-order valence-corrected chi connectivity index (χ4v) is 4.74. The zero-order valence-corrected chi connectivity index (χ0v) is 23.4. The summed E-state index contributed by atoms with van der Waals surface area (Å²) in [6.07, 6.45) is 10.6. The van der Waals surface area contributed by atoms with Crippen molar-refractivity contribution in [2.45, 2.75) is 71.6 Å². The quantitative estimate of drug-likeness (QED) is 0.118. The number of carboxylic acids is 1. The first-order valence-corrected chi connectivity index (χ1v) is 14.0. The fraction of sp³-hybridized carbons (Fsp3) is 0.364. The van der Waals surface area contributed by atoms with E-state index in [1.807, 2.05) is 54.6 Å². The van der Waals surface area contributed by atoms with E-state index in [2.05, 4.69) is 5.32 Å². The van der Waals surface area contributed by atoms with E-state index in [0.717, 1.165) is 61.0 Å². The molecule has 0 bridgehead atoms. The average Bonchev–Trinajstić information content (AvgIpc) is 2.94. The molecule has 0 aliphatic heterocycles. The number of nitrogens with one attached hydrogen (secondary N) is 1. The molecule has 0 saturated carbocycles. The number of hydrogen-bond donors (Lipinski definition) is 4. The minimum atomic E-state index is -1.04. The van der Waals surface area contributed by atoms with Crippen molar-refractivity contribution in [3.05, 3.63) is 83.2 Å². The van der Waals surface area contributed by atoms with Gasteiger partial charge in [-0.3, -0.25) is 14.6 Å². The van der Waals surface area contributed by atoms with E-state index < -0.39 is 11.4 Å². The van der Waals surface area contributed by atoms with E-state index >= 15 is 0 Å². The van der Waals surface area contributed by atoms with Gasteiger partial charge in [-0.2, -0.15) is 0 Å². The number of nitrogens with zero attached hydrogens (tertiary/aromatic N) is 1. The highest BCUT2D eigenvalue weighted by molar-refractivity contribution is 5.94. The molecule has 7 heteroatoms. The second kappa shape index (κ2) is 14.9. The molecule has 0 atom stereocenters. The molecule has 212 valence electrons. The summed E-state index contributed by atoms with van der Waals surface area (Å²) in [5, 5.41) is 31.5. The summed E-state index contributed by atoms with van der Waals surface area (Å²) in [7, 11) is 0. The number of carbonyl (C=O) groups is 2. The predicted octanol–water partition coefficient (Wildman–Crippen LogP) is 7.23. The second-order valence-corrected chi connectivity index (χ2v) is 10.3. The van der Waals surface area contributed by atoms with Crippen LogP contribution in [0.25, 0.3) is 12.2 Å². The topological polar surface area (TPSA) is 120 Å². The number of phenols is 2. The van der Waals surface area contributed by atoms with Gasteiger partial charge in [-0.05, 0) is 92.1 Å². The lowest BCUT2D eigenvalue weighted by atomic mass is 9.79. The molecule has 0 spiro atoms. The van der Waals surface area contributed by atoms with Gasteiger partial charge in [0, 0.05) is 17.8 Å². The maximum absolute atomic E-state index is 12.6. The van der Waals surface area contributed by atoms with Crippen LogP contribution in [0.15, 0.2) is 60.7 Å². The summed E-state index contributed by atoms with van der Waals surface area (Å²) in [5.74, 6) is -1.40. The van der Waals surface area contributed by atoms with E-state index in [-0.39, 0.29) is 23.8 Å². The van der Waals surface area contributed by atoms with Gasteiger partial charge in [0.1, 0.15) is 0 Å². The Kier molecular flexibility index (Phi) is 11.3. The summed E-state index contributed by atoms with van der Waals surface area (Å²) >= 11 is 0. The zero-order chi connectivity index (χ0) is 29.0. The lowest BCUT2D eigenvalue weighted by molar-refractivity contribution is -0.151. The number of anilines is 1. The third-order valence-electron chi connectivity index (χ3n) is 7.44. The summed E-state index contributed by atoms with van der Waals surface area (Å²) in [6, 6.07) is 18.4. The van der Waals surface area contributed by atoms with Crippen molar-refractivity contribution in [3.8, 4) is 11.5 Å². The fourth-order valence-electron chi connectivity index (χ4n) is 4.74. The number of aryl methyl sites for hydroxylation is 2. The number of aromatic nitrogens is 1. The number of phenolic OH excluding ortho intramolecular Hbond substituents is 2. The van der Waals surface area contributed by atoms with Crippen LogP contribution >= 0.6 is 0 Å². The molecule has 3 aromatic rings. The number of unbranched alkanes of at least 4 members (excludes halogenated alkanes) is 3. The summed E-state index contributed by atoms with van der Waals surface area (Å²) in [4.78, 5) is 29.1. The minimum absolute atomic E-state index is 0.0604. The van der Waals surface area contributed by atoms with Crippen LogP contribution in [-0.2, 0) is 22.4 Å². The molecule has 1 amide bonds. The molecular weight excluding hydrogens is 504 g/mol. The van der Waals surface area contributed by atoms with E-state index in [9.17, 15) is 24.9 Å². The smallest absolute Gasteiger partial charge is 0.310 e. The van der Waals surface area contributed by atoms with Gasteiger partial charge in [0.15, 0.2) is 11.5 Å². The van der Waals surface area contributed by atoms with E-state index in [4.69, 9.17) is 4.98 Å². The summed E-state index contributed by atoms with van der Waals surface area (Å²) in [5.41, 5.74) is 3.41. The van der Waals surface area contributed by atoms with Crippen LogP contribution in [0.4, 0.5) is 5.69 Å². The zero-order valence-electron chi connectivity index (χ0n) is 23.4. The molecule has 0 radical (unpaired) electrons. The molecular formula is C33H40N2O5. The average molecular weight is 545 g/mol. The highest BCUT2D eigenvalue weighted by atomic mass is 16.4. The van der Waals surface area contributed by atoms with Gasteiger partial charge in [-0.15, -0.1) is 0 Å². The van der Waals surface area contributed by atoms with Crippen molar-refractivity contribution in [1.82, 2.24) is 4.98 Å². The molecule has 2 aromatic carbocycles. The molecule has 7 nitrogen and oxygen atoms in total. The number of hydrogen-bond acceptors (Lipinski definition) is 5. The first-order valence-electron chi connectivity index (χ1n) is 14.0. The second-order valence-electron chi connectivity index (χ2n) is 10.3. The Bertz CT molecular complexity index is 1310. The number of aromatic hydroxyl groups is 2. The Balaban J connectivity index is 1.47. The predicted molar refractivity (Wildman–Crippen MR) is 159 cm³/mol. The lowest BCUT2D eigenvalue weighted by Gasteiger charge is -2.25. The van der Waals surface area contributed by atoms with Gasteiger partial charge in [-0.1, -0.05) is 57.0 Å². The van der Waals surface area contributed by atoms with Crippen LogP contribution in [0.3, 0.4) is 0 Å². The number of aliphatic carboxylic acids is 1. The molecule has 0 unspecified atom stereocenters. The van der Waals surface area contributed by atoms with Gasteiger partial charge < -0.3 is 20.6 Å². The SMILES string of the molecule is CCC(CC)(CC(=O)Nc1cccc(C=Cc2cccc(CCCCCCc3ccc(O)c(O)c3)n2)c1)C(=O)O. The molecule has 0 saturated heterocycles. The van der Waals surface area contributed by atoms with Crippen molar-refractivity contribution in [3.63, 3.8) is 0 Å². The Labute approximate surface area is 236 Å². The number of benzene rings is 2. The van der Waals surface area contributed by atoms with Gasteiger partial charge >= 0.3 is 5.97 Å². The van der Waals surface area contributed by atoms with Crippen LogP contribution in [0.5, 0.6) is 11.5 Å². The molecule has 4 N–H and O–H groups in total. The Morgan fingerprint density at radius 2 is 1.57 bits per heavy atom. The maximum Gasteiger partial charge on any atom is 0.310 e. The Morgan fingerprint density at radius 3 is 2.27 bits per heavy atom. The first-order chi connectivity index (χ1) is 19.2. The van der Waals surface area contributed by atoms with Crippen molar-refractivity contribution >= 4 is 29.7 Å². The van der Waals surface area contributed by atoms with Crippen LogP contribution in [-0.4, -0.2) is 32.2 Å². The van der Waals surface area contributed by atoms with E-state index in [0.29, 0.717) is 18.5 Å². The Hall–Kier alpha value is -4.13. The van der Waals surface area contributed by atoms with E-state index in [1.54, 1.807) is 26.0 Å². The standard InChI is InChI=1S/C33H40N2O5/c1-3-33(4-2,32(39)40)23-31(38)35-28-16-9-12-24(21-28)17-19-27-15-10-14-26(34-27)13-8-6-5-7-11-25-18-20-29(36)30(37)22-25/h9-10,12,14-22,36-37H,3-8,11,13,23H2,1-2H3,(H,35,38)(H,39,40). The van der Waals surface area contributed by atoms with Gasteiger partial charge in [0.05, 0.1) is 11.1 Å². The molecule has 3 rings (SSSR count). The number of rotatable bonds is 15. The minimum Gasteiger partial charge on any atom is -0.504 e. The third kappa shape index (κ3) is 8.97. The van der Waals surface area contributed by atoms with Gasteiger partial charge in [-0.25, -0.2) is 0 Å². The number of carbonyl (C=O) groups excluding carboxylic acids is 1. The number of carboxylic acid groups (broad SMARTS) is 1. The maximum atomic E-state index is 12.6. The van der Waals surface area contributed by atoms with Crippen molar-refractivity contribution in [1.29, 1.82) is 0 Å². The third-order valence-corrected chi connectivity index (χ3v) is 7.44. The number of amides is 1. The van der Waals surface area contributed by atoms with Crippen LogP contribution in [0.1, 0.15) is 81.3 Å². The molecule has 0 aliphatic rings. The van der Waals surface area contributed by atoms with Gasteiger partial charge in [0.25, 0.3) is 0 Å².